The van der Waals surface area contributed by atoms with E-state index >= 15 is 0 Å². The van der Waals surface area contributed by atoms with Crippen LogP contribution in [0, 0.1) is 0 Å². The summed E-state index contributed by atoms with van der Waals surface area (Å²) in [4.78, 5) is 23.9. The van der Waals surface area contributed by atoms with Gasteiger partial charge in [-0.15, -0.1) is 0 Å². The first kappa shape index (κ1) is 15.5. The van der Waals surface area contributed by atoms with Crippen LogP contribution in [0.15, 0.2) is 30.3 Å². The molecule has 1 amide bonds. The van der Waals surface area contributed by atoms with Crippen LogP contribution >= 0.6 is 0 Å². The molecule has 114 valence electrons. The number of hydrogen-bond acceptors (Lipinski definition) is 3. The predicted molar refractivity (Wildman–Crippen MR) is 78.0 cm³/mol. The molecule has 0 aliphatic carbocycles. The zero-order chi connectivity index (χ0) is 15.5. The van der Waals surface area contributed by atoms with Crippen LogP contribution in [0.3, 0.4) is 0 Å². The molecule has 1 fully saturated rings. The number of carboxylic acid groups (broad SMARTS) is 1. The third-order valence-corrected chi connectivity index (χ3v) is 4.12. The highest BCUT2D eigenvalue weighted by molar-refractivity contribution is 5.89. The first-order chi connectivity index (χ1) is 9.93. The lowest BCUT2D eigenvalue weighted by Crippen LogP contribution is -2.44. The Morgan fingerprint density at radius 2 is 2.05 bits per heavy atom. The van der Waals surface area contributed by atoms with Gasteiger partial charge in [-0.25, -0.2) is 0 Å². The second kappa shape index (κ2) is 6.26. The van der Waals surface area contributed by atoms with Crippen molar-refractivity contribution in [2.24, 2.45) is 0 Å². The SMILES string of the molecule is CC1OCCC1NC(=O)CC(C)(C(=O)O)c1ccccc1. The summed E-state index contributed by atoms with van der Waals surface area (Å²) >= 11 is 0. The first-order valence-electron chi connectivity index (χ1n) is 7.13. The highest BCUT2D eigenvalue weighted by Crippen LogP contribution is 2.28. The van der Waals surface area contributed by atoms with Crippen molar-refractivity contribution < 1.29 is 19.4 Å². The van der Waals surface area contributed by atoms with Gasteiger partial charge in [0, 0.05) is 13.0 Å². The van der Waals surface area contributed by atoms with Gasteiger partial charge in [-0.1, -0.05) is 30.3 Å². The van der Waals surface area contributed by atoms with Crippen LogP contribution in [-0.4, -0.2) is 35.7 Å². The zero-order valence-electron chi connectivity index (χ0n) is 12.3. The second-order valence-corrected chi connectivity index (χ2v) is 5.72. The number of nitrogens with one attached hydrogen (secondary N) is 1. The molecule has 0 spiro atoms. The Bertz CT molecular complexity index is 516. The highest BCUT2D eigenvalue weighted by atomic mass is 16.5. The van der Waals surface area contributed by atoms with Gasteiger partial charge >= 0.3 is 5.97 Å². The van der Waals surface area contributed by atoms with Gasteiger partial charge in [0.05, 0.1) is 17.6 Å². The third kappa shape index (κ3) is 3.42. The minimum atomic E-state index is -1.23. The smallest absolute Gasteiger partial charge is 0.314 e. The van der Waals surface area contributed by atoms with Crippen molar-refractivity contribution in [3.8, 4) is 0 Å². The molecule has 1 aromatic carbocycles. The van der Waals surface area contributed by atoms with Gasteiger partial charge in [0.1, 0.15) is 0 Å². The molecule has 3 unspecified atom stereocenters. The number of carbonyl (C=O) groups is 2. The first-order valence-corrected chi connectivity index (χ1v) is 7.13. The molecule has 1 aliphatic heterocycles. The van der Waals surface area contributed by atoms with Gasteiger partial charge in [0.25, 0.3) is 0 Å². The number of amides is 1. The molecule has 1 aliphatic rings. The van der Waals surface area contributed by atoms with Gasteiger partial charge < -0.3 is 15.2 Å². The molecule has 1 aromatic rings. The van der Waals surface area contributed by atoms with Crippen LogP contribution in [0.5, 0.6) is 0 Å². The minimum Gasteiger partial charge on any atom is -0.481 e. The van der Waals surface area contributed by atoms with E-state index in [2.05, 4.69) is 5.32 Å². The van der Waals surface area contributed by atoms with Crippen molar-refractivity contribution in [1.29, 1.82) is 0 Å². The molecule has 2 rings (SSSR count). The summed E-state index contributed by atoms with van der Waals surface area (Å²) in [6.07, 6.45) is 0.652. The summed E-state index contributed by atoms with van der Waals surface area (Å²) in [5, 5.41) is 12.4. The maximum absolute atomic E-state index is 12.2. The number of hydrogen-bond donors (Lipinski definition) is 2. The molecule has 1 saturated heterocycles. The number of rotatable bonds is 5. The maximum Gasteiger partial charge on any atom is 0.314 e. The molecule has 1 heterocycles. The zero-order valence-corrected chi connectivity index (χ0v) is 12.3. The average Bonchev–Trinajstić information content (AvgIpc) is 2.84. The Balaban J connectivity index is 2.09. The number of benzene rings is 1. The monoisotopic (exact) mass is 291 g/mol. The molecule has 0 saturated carbocycles. The van der Waals surface area contributed by atoms with E-state index < -0.39 is 11.4 Å². The van der Waals surface area contributed by atoms with Crippen molar-refractivity contribution in [1.82, 2.24) is 5.32 Å². The maximum atomic E-state index is 12.2. The number of carbonyl (C=O) groups excluding carboxylic acids is 1. The number of aliphatic carboxylic acids is 1. The largest absolute Gasteiger partial charge is 0.481 e. The fraction of sp³-hybridized carbons (Fsp3) is 0.500. The summed E-state index contributed by atoms with van der Waals surface area (Å²) in [5.74, 6) is -1.26. The van der Waals surface area contributed by atoms with Crippen LogP contribution in [0.25, 0.3) is 0 Å². The number of ether oxygens (including phenoxy) is 1. The molecule has 5 heteroatoms. The molecule has 2 N–H and O–H groups in total. The van der Waals surface area contributed by atoms with Crippen LogP contribution in [0.2, 0.25) is 0 Å². The Morgan fingerprint density at radius 1 is 1.38 bits per heavy atom. The second-order valence-electron chi connectivity index (χ2n) is 5.72. The van der Waals surface area contributed by atoms with E-state index in [4.69, 9.17) is 4.74 Å². The third-order valence-electron chi connectivity index (χ3n) is 4.12. The lowest BCUT2D eigenvalue weighted by atomic mass is 9.79. The molecule has 21 heavy (non-hydrogen) atoms. The average molecular weight is 291 g/mol. The summed E-state index contributed by atoms with van der Waals surface area (Å²) in [6, 6.07) is 8.82. The van der Waals surface area contributed by atoms with Gasteiger partial charge in [0.15, 0.2) is 0 Å². The van der Waals surface area contributed by atoms with Gasteiger partial charge in [-0.3, -0.25) is 9.59 Å². The summed E-state index contributed by atoms with van der Waals surface area (Å²) in [6.45, 7) is 4.12. The van der Waals surface area contributed by atoms with E-state index in [1.807, 2.05) is 13.0 Å². The minimum absolute atomic E-state index is 0.0261. The van der Waals surface area contributed by atoms with E-state index in [1.54, 1.807) is 31.2 Å². The van der Waals surface area contributed by atoms with Crippen LogP contribution in [0.4, 0.5) is 0 Å². The van der Waals surface area contributed by atoms with E-state index in [1.165, 1.54) is 0 Å². The predicted octanol–water partition coefficient (Wildman–Crippen LogP) is 1.71. The molecule has 5 nitrogen and oxygen atoms in total. The standard InChI is InChI=1S/C16H21NO4/c1-11-13(8-9-21-11)17-14(18)10-16(2,15(19)20)12-6-4-3-5-7-12/h3-7,11,13H,8-10H2,1-2H3,(H,17,18)(H,19,20). The lowest BCUT2D eigenvalue weighted by Gasteiger charge is -2.26. The Labute approximate surface area is 124 Å². The van der Waals surface area contributed by atoms with Crippen molar-refractivity contribution in [2.75, 3.05) is 6.61 Å². The Morgan fingerprint density at radius 3 is 2.57 bits per heavy atom. The molecule has 0 bridgehead atoms. The summed E-state index contributed by atoms with van der Waals surface area (Å²) < 4.78 is 5.40. The van der Waals surface area contributed by atoms with Crippen molar-refractivity contribution in [2.45, 2.75) is 44.2 Å². The fourth-order valence-corrected chi connectivity index (χ4v) is 2.61. The van der Waals surface area contributed by atoms with Crippen LogP contribution in [-0.2, 0) is 19.7 Å². The fourth-order valence-electron chi connectivity index (χ4n) is 2.61. The van der Waals surface area contributed by atoms with E-state index in [9.17, 15) is 14.7 Å². The topological polar surface area (TPSA) is 75.6 Å². The molecule has 0 radical (unpaired) electrons. The molecule has 0 aromatic heterocycles. The highest BCUT2D eigenvalue weighted by Gasteiger charge is 2.38. The normalized spacial score (nSPS) is 24.3. The summed E-state index contributed by atoms with van der Waals surface area (Å²) in [7, 11) is 0. The van der Waals surface area contributed by atoms with Gasteiger partial charge in [0.2, 0.25) is 5.91 Å². The lowest BCUT2D eigenvalue weighted by molar-refractivity contribution is -0.145. The molecule has 3 atom stereocenters. The van der Waals surface area contributed by atoms with Gasteiger partial charge in [-0.05, 0) is 25.8 Å². The quantitative estimate of drug-likeness (QED) is 0.866. The van der Waals surface area contributed by atoms with Crippen molar-refractivity contribution >= 4 is 11.9 Å². The van der Waals surface area contributed by atoms with Crippen molar-refractivity contribution in [3.05, 3.63) is 35.9 Å². The Hall–Kier alpha value is -1.88. The van der Waals surface area contributed by atoms with E-state index in [0.29, 0.717) is 12.2 Å². The number of carboxylic acids is 1. The molecular weight excluding hydrogens is 270 g/mol. The van der Waals surface area contributed by atoms with E-state index in [0.717, 1.165) is 6.42 Å². The van der Waals surface area contributed by atoms with Crippen LogP contribution in [0.1, 0.15) is 32.3 Å². The molecular formula is C16H21NO4. The van der Waals surface area contributed by atoms with Crippen LogP contribution < -0.4 is 5.32 Å². The Kier molecular flexibility index (Phi) is 4.63. The van der Waals surface area contributed by atoms with E-state index in [-0.39, 0.29) is 24.5 Å². The van der Waals surface area contributed by atoms with Crippen molar-refractivity contribution in [3.63, 3.8) is 0 Å². The van der Waals surface area contributed by atoms with Gasteiger partial charge in [-0.2, -0.15) is 0 Å². The summed E-state index contributed by atoms with van der Waals surface area (Å²) in [5.41, 5.74) is -0.600.